The number of aliphatic hydroxyl groups excluding tert-OH is 1. The first-order valence-electron chi connectivity index (χ1n) is 9.78. The van der Waals surface area contributed by atoms with Crippen LogP contribution in [0.3, 0.4) is 0 Å². The minimum Gasteiger partial charge on any atom is -0.488 e. The Labute approximate surface area is 167 Å². The maximum Gasteiger partial charge on any atom is 0.127 e. The van der Waals surface area contributed by atoms with E-state index in [1.165, 1.54) is 16.0 Å². The van der Waals surface area contributed by atoms with Crippen molar-refractivity contribution in [1.29, 1.82) is 0 Å². The van der Waals surface area contributed by atoms with Crippen molar-refractivity contribution in [2.75, 3.05) is 27.2 Å². The van der Waals surface area contributed by atoms with Gasteiger partial charge in [-0.25, -0.2) is 0 Å². The predicted molar refractivity (Wildman–Crippen MR) is 113 cm³/mol. The lowest BCUT2D eigenvalue weighted by molar-refractivity contribution is -0.0272. The number of β-amino-alcohol motifs (C(OH)–C–C–N with tert-alkyl or cyclic N) is 1. The van der Waals surface area contributed by atoms with E-state index in [0.717, 1.165) is 31.8 Å². The molecule has 1 saturated heterocycles. The number of benzene rings is 1. The number of thiophene rings is 1. The molecule has 1 fully saturated rings. The van der Waals surface area contributed by atoms with Gasteiger partial charge in [0.15, 0.2) is 0 Å². The first-order chi connectivity index (χ1) is 12.9. The molecule has 148 valence electrons. The summed E-state index contributed by atoms with van der Waals surface area (Å²) >= 11 is 1.81. The molecule has 2 atom stereocenters. The molecule has 27 heavy (non-hydrogen) atoms. The van der Waals surface area contributed by atoms with Crippen molar-refractivity contribution in [3.63, 3.8) is 0 Å². The molecule has 1 N–H and O–H groups in total. The number of hydrogen-bond acceptors (Lipinski definition) is 5. The summed E-state index contributed by atoms with van der Waals surface area (Å²) in [5, 5.41) is 12.9. The molecule has 0 spiro atoms. The van der Waals surface area contributed by atoms with E-state index in [0.29, 0.717) is 12.5 Å². The Morgan fingerprint density at radius 1 is 1.30 bits per heavy atom. The maximum absolute atomic E-state index is 10.6. The maximum atomic E-state index is 10.6. The molecule has 1 aliphatic heterocycles. The van der Waals surface area contributed by atoms with Crippen molar-refractivity contribution in [1.82, 2.24) is 9.80 Å². The Morgan fingerprint density at radius 3 is 2.81 bits per heavy atom. The lowest BCUT2D eigenvalue weighted by Crippen LogP contribution is -2.48. The van der Waals surface area contributed by atoms with E-state index in [1.807, 2.05) is 23.5 Å². The van der Waals surface area contributed by atoms with Crippen molar-refractivity contribution in [2.24, 2.45) is 0 Å². The molecule has 0 saturated carbocycles. The summed E-state index contributed by atoms with van der Waals surface area (Å²) in [4.78, 5) is 5.88. The largest absolute Gasteiger partial charge is 0.488 e. The predicted octanol–water partition coefficient (Wildman–Crippen LogP) is 3.95. The number of hydrogen-bond donors (Lipinski definition) is 1. The Hall–Kier alpha value is -1.40. The molecule has 1 aliphatic rings. The average molecular weight is 389 g/mol. The Balaban J connectivity index is 1.53. The first kappa shape index (κ1) is 20.3. The number of likely N-dealkylation sites (tertiary alicyclic amines) is 1. The van der Waals surface area contributed by atoms with Gasteiger partial charge in [0.05, 0.1) is 0 Å². The van der Waals surface area contributed by atoms with E-state index in [9.17, 15) is 5.11 Å². The Morgan fingerprint density at radius 2 is 2.11 bits per heavy atom. The van der Waals surface area contributed by atoms with Gasteiger partial charge in [0, 0.05) is 31.1 Å². The zero-order chi connectivity index (χ0) is 19.4. The SMILES string of the molecule is CC(C)c1cccc(O[C@@H]2CCN(Cc3cc(CN(C)C)cs3)C[C@H]2O)c1. The van der Waals surface area contributed by atoms with Crippen molar-refractivity contribution in [2.45, 2.75) is 51.5 Å². The fourth-order valence-corrected chi connectivity index (χ4v) is 4.48. The molecule has 2 aromatic rings. The van der Waals surface area contributed by atoms with E-state index in [-0.39, 0.29) is 6.10 Å². The van der Waals surface area contributed by atoms with Gasteiger partial charge in [0.1, 0.15) is 18.0 Å². The number of aliphatic hydroxyl groups is 1. The molecule has 1 aromatic heterocycles. The summed E-state index contributed by atoms with van der Waals surface area (Å²) in [7, 11) is 4.19. The van der Waals surface area contributed by atoms with Crippen LogP contribution in [-0.2, 0) is 13.1 Å². The van der Waals surface area contributed by atoms with Crippen LogP contribution < -0.4 is 4.74 Å². The van der Waals surface area contributed by atoms with Crippen LogP contribution in [-0.4, -0.2) is 54.3 Å². The lowest BCUT2D eigenvalue weighted by atomic mass is 10.0. The van der Waals surface area contributed by atoms with Crippen LogP contribution in [0.4, 0.5) is 0 Å². The van der Waals surface area contributed by atoms with Gasteiger partial charge in [-0.2, -0.15) is 0 Å². The number of piperidine rings is 1. The quantitative estimate of drug-likeness (QED) is 0.779. The highest BCUT2D eigenvalue weighted by Crippen LogP contribution is 2.25. The zero-order valence-corrected chi connectivity index (χ0v) is 17.7. The van der Waals surface area contributed by atoms with E-state index in [4.69, 9.17) is 4.74 Å². The lowest BCUT2D eigenvalue weighted by Gasteiger charge is -2.35. The Kier molecular flexibility index (Phi) is 6.93. The second kappa shape index (κ2) is 9.20. The minimum absolute atomic E-state index is 0.128. The highest BCUT2D eigenvalue weighted by atomic mass is 32.1. The summed E-state index contributed by atoms with van der Waals surface area (Å²) in [6, 6.07) is 10.5. The molecule has 0 amide bonds. The molecule has 0 radical (unpaired) electrons. The molecule has 1 aromatic carbocycles. The molecular formula is C22H32N2O2S. The molecular weight excluding hydrogens is 356 g/mol. The minimum atomic E-state index is -0.456. The Bertz CT molecular complexity index is 729. The third-order valence-corrected chi connectivity index (χ3v) is 5.97. The van der Waals surface area contributed by atoms with Gasteiger partial charge in [-0.05, 0) is 61.1 Å². The normalized spacial score (nSPS) is 21.1. The smallest absolute Gasteiger partial charge is 0.127 e. The molecule has 0 aliphatic carbocycles. The van der Waals surface area contributed by atoms with Crippen molar-refractivity contribution < 1.29 is 9.84 Å². The van der Waals surface area contributed by atoms with Crippen LogP contribution in [0.1, 0.15) is 42.2 Å². The van der Waals surface area contributed by atoms with E-state index in [1.54, 1.807) is 0 Å². The second-order valence-corrected chi connectivity index (χ2v) is 9.13. The van der Waals surface area contributed by atoms with Gasteiger partial charge >= 0.3 is 0 Å². The number of rotatable bonds is 7. The molecule has 0 bridgehead atoms. The van der Waals surface area contributed by atoms with Gasteiger partial charge < -0.3 is 14.7 Å². The monoisotopic (exact) mass is 388 g/mol. The average Bonchev–Trinajstić information content (AvgIpc) is 3.03. The van der Waals surface area contributed by atoms with Gasteiger partial charge in [0.25, 0.3) is 0 Å². The van der Waals surface area contributed by atoms with Crippen LogP contribution in [0, 0.1) is 0 Å². The van der Waals surface area contributed by atoms with Crippen LogP contribution in [0.5, 0.6) is 5.75 Å². The van der Waals surface area contributed by atoms with Gasteiger partial charge in [0.2, 0.25) is 0 Å². The van der Waals surface area contributed by atoms with Crippen LogP contribution in [0.25, 0.3) is 0 Å². The topological polar surface area (TPSA) is 35.9 Å². The van der Waals surface area contributed by atoms with E-state index < -0.39 is 6.10 Å². The highest BCUT2D eigenvalue weighted by Gasteiger charge is 2.29. The van der Waals surface area contributed by atoms with E-state index >= 15 is 0 Å². The highest BCUT2D eigenvalue weighted by molar-refractivity contribution is 7.10. The van der Waals surface area contributed by atoms with E-state index in [2.05, 4.69) is 61.3 Å². The van der Waals surface area contributed by atoms with Gasteiger partial charge in [-0.15, -0.1) is 11.3 Å². The standard InChI is InChI=1S/C22H32N2O2S/c1-16(2)18-6-5-7-19(11-18)26-22-8-9-24(14-21(22)25)13-20-10-17(15-27-20)12-23(3)4/h5-7,10-11,15-16,21-22,25H,8-9,12-14H2,1-4H3/t21-,22-/m1/s1. The van der Waals surface area contributed by atoms with Crippen molar-refractivity contribution in [3.8, 4) is 5.75 Å². The van der Waals surface area contributed by atoms with Crippen LogP contribution in [0.15, 0.2) is 35.7 Å². The first-order valence-corrected chi connectivity index (χ1v) is 10.7. The summed E-state index contributed by atoms with van der Waals surface area (Å²) in [6.45, 7) is 7.86. The summed E-state index contributed by atoms with van der Waals surface area (Å²) in [5.74, 6) is 1.34. The fraction of sp³-hybridized carbons (Fsp3) is 0.545. The second-order valence-electron chi connectivity index (χ2n) is 8.13. The van der Waals surface area contributed by atoms with Crippen molar-refractivity contribution in [3.05, 3.63) is 51.7 Å². The summed E-state index contributed by atoms with van der Waals surface area (Å²) < 4.78 is 6.13. The molecule has 4 nitrogen and oxygen atoms in total. The van der Waals surface area contributed by atoms with Crippen molar-refractivity contribution >= 4 is 11.3 Å². The third-order valence-electron chi connectivity index (χ3n) is 5.00. The molecule has 3 rings (SSSR count). The fourth-order valence-electron chi connectivity index (χ4n) is 3.56. The van der Waals surface area contributed by atoms with Crippen LogP contribution >= 0.6 is 11.3 Å². The van der Waals surface area contributed by atoms with Gasteiger partial charge in [-0.3, -0.25) is 4.90 Å². The number of ether oxygens (including phenoxy) is 1. The molecule has 0 unspecified atom stereocenters. The number of nitrogens with zero attached hydrogens (tertiary/aromatic N) is 2. The molecule has 2 heterocycles. The van der Waals surface area contributed by atoms with Gasteiger partial charge in [-0.1, -0.05) is 26.0 Å². The molecule has 5 heteroatoms. The summed E-state index contributed by atoms with van der Waals surface area (Å²) in [6.07, 6.45) is 0.266. The van der Waals surface area contributed by atoms with Crippen LogP contribution in [0.2, 0.25) is 0 Å². The summed E-state index contributed by atoms with van der Waals surface area (Å²) in [5.41, 5.74) is 2.63. The zero-order valence-electron chi connectivity index (χ0n) is 16.9. The third kappa shape index (κ3) is 5.79.